The van der Waals surface area contributed by atoms with E-state index in [9.17, 15) is 0 Å². The molecule has 0 atom stereocenters. The van der Waals surface area contributed by atoms with Crippen LogP contribution >= 0.6 is 15.9 Å². The van der Waals surface area contributed by atoms with Gasteiger partial charge in [-0.3, -0.25) is 0 Å². The highest BCUT2D eigenvalue weighted by atomic mass is 79.9. The molecular weight excluding hydrogens is 256 g/mol. The fourth-order valence-corrected chi connectivity index (χ4v) is 1.24. The summed E-state index contributed by atoms with van der Waals surface area (Å²) in [6, 6.07) is 3.75. The van der Waals surface area contributed by atoms with E-state index >= 15 is 0 Å². The van der Waals surface area contributed by atoms with Gasteiger partial charge in [-0.15, -0.1) is 0 Å². The molecule has 0 aliphatic carbocycles. The first-order valence-electron chi connectivity index (χ1n) is 4.61. The van der Waals surface area contributed by atoms with Crippen molar-refractivity contribution >= 4 is 15.9 Å². The molecule has 0 amide bonds. The molecular formula is C11H13BrN2O. The Bertz CT molecular complexity index is 391. The molecule has 1 aromatic rings. The van der Waals surface area contributed by atoms with Crippen LogP contribution in [0.15, 0.2) is 16.7 Å². The van der Waals surface area contributed by atoms with E-state index in [4.69, 9.17) is 10.00 Å². The Morgan fingerprint density at radius 1 is 1.53 bits per heavy atom. The lowest BCUT2D eigenvalue weighted by Gasteiger charge is -2.18. The molecule has 0 spiro atoms. The van der Waals surface area contributed by atoms with Crippen molar-refractivity contribution in [2.45, 2.75) is 20.8 Å². The van der Waals surface area contributed by atoms with E-state index in [1.54, 1.807) is 12.3 Å². The van der Waals surface area contributed by atoms with Crippen molar-refractivity contribution in [1.82, 2.24) is 4.98 Å². The Morgan fingerprint density at radius 3 is 2.73 bits per heavy atom. The summed E-state index contributed by atoms with van der Waals surface area (Å²) in [6.45, 7) is 6.74. The largest absolute Gasteiger partial charge is 0.476 e. The molecule has 1 aromatic heterocycles. The van der Waals surface area contributed by atoms with Crippen LogP contribution in [0.4, 0.5) is 0 Å². The maximum absolute atomic E-state index is 8.88. The summed E-state index contributed by atoms with van der Waals surface area (Å²) in [5.74, 6) is 0.399. The molecule has 0 aliphatic rings. The Labute approximate surface area is 98.2 Å². The van der Waals surface area contributed by atoms with Gasteiger partial charge in [0, 0.05) is 10.7 Å². The number of rotatable bonds is 2. The van der Waals surface area contributed by atoms with Crippen molar-refractivity contribution in [2.24, 2.45) is 5.41 Å². The summed E-state index contributed by atoms with van der Waals surface area (Å²) in [7, 11) is 0. The van der Waals surface area contributed by atoms with Gasteiger partial charge in [-0.2, -0.15) is 5.26 Å². The van der Waals surface area contributed by atoms with Crippen molar-refractivity contribution < 1.29 is 4.74 Å². The zero-order valence-electron chi connectivity index (χ0n) is 9.04. The molecule has 1 rings (SSSR count). The average molecular weight is 269 g/mol. The number of hydrogen-bond donors (Lipinski definition) is 0. The van der Waals surface area contributed by atoms with Gasteiger partial charge < -0.3 is 4.74 Å². The lowest BCUT2D eigenvalue weighted by atomic mass is 9.99. The van der Waals surface area contributed by atoms with Gasteiger partial charge in [-0.05, 0) is 27.4 Å². The van der Waals surface area contributed by atoms with E-state index in [1.807, 2.05) is 0 Å². The van der Waals surface area contributed by atoms with Crippen molar-refractivity contribution in [3.8, 4) is 11.9 Å². The minimum Gasteiger partial charge on any atom is -0.476 e. The summed E-state index contributed by atoms with van der Waals surface area (Å²) in [6.07, 6.45) is 1.62. The third-order valence-corrected chi connectivity index (χ3v) is 2.01. The van der Waals surface area contributed by atoms with E-state index in [2.05, 4.69) is 47.8 Å². The van der Waals surface area contributed by atoms with Crippen molar-refractivity contribution in [3.63, 3.8) is 0 Å². The maximum Gasteiger partial charge on any atom is 0.231 e. The number of nitrogens with zero attached hydrogens (tertiary/aromatic N) is 2. The van der Waals surface area contributed by atoms with E-state index in [0.29, 0.717) is 18.1 Å². The summed E-state index contributed by atoms with van der Waals surface area (Å²) >= 11 is 3.26. The first-order chi connectivity index (χ1) is 6.92. The number of hydrogen-bond acceptors (Lipinski definition) is 3. The van der Waals surface area contributed by atoms with Gasteiger partial charge in [0.1, 0.15) is 11.6 Å². The molecule has 0 saturated carbocycles. The van der Waals surface area contributed by atoms with Crippen LogP contribution in [0.1, 0.15) is 26.3 Å². The lowest BCUT2D eigenvalue weighted by molar-refractivity contribution is 0.191. The van der Waals surface area contributed by atoms with Gasteiger partial charge >= 0.3 is 0 Å². The van der Waals surface area contributed by atoms with Crippen LogP contribution in [0.5, 0.6) is 5.88 Å². The molecule has 0 aliphatic heterocycles. The maximum atomic E-state index is 8.88. The molecule has 0 radical (unpaired) electrons. The molecule has 0 saturated heterocycles. The number of nitriles is 1. The fraction of sp³-hybridized carbons (Fsp3) is 0.455. The van der Waals surface area contributed by atoms with Gasteiger partial charge in [0.25, 0.3) is 0 Å². The highest BCUT2D eigenvalue weighted by Crippen LogP contribution is 2.21. The average Bonchev–Trinajstić information content (AvgIpc) is 2.14. The number of ether oxygens (including phenoxy) is 1. The van der Waals surface area contributed by atoms with Crippen LogP contribution in [-0.2, 0) is 0 Å². The molecule has 0 N–H and O–H groups in total. The summed E-state index contributed by atoms with van der Waals surface area (Å²) in [5.41, 5.74) is 0.509. The normalized spacial score (nSPS) is 10.9. The highest BCUT2D eigenvalue weighted by Gasteiger charge is 2.13. The molecule has 80 valence electrons. The Kier molecular flexibility index (Phi) is 3.70. The van der Waals surface area contributed by atoms with Gasteiger partial charge in [0.2, 0.25) is 5.88 Å². The number of pyridine rings is 1. The second kappa shape index (κ2) is 4.63. The summed E-state index contributed by atoms with van der Waals surface area (Å²) in [5, 5.41) is 8.88. The van der Waals surface area contributed by atoms with Crippen LogP contribution in [0, 0.1) is 16.7 Å². The van der Waals surface area contributed by atoms with E-state index in [0.717, 1.165) is 4.47 Å². The van der Waals surface area contributed by atoms with E-state index < -0.39 is 0 Å². The van der Waals surface area contributed by atoms with Gasteiger partial charge in [-0.25, -0.2) is 4.98 Å². The van der Waals surface area contributed by atoms with Crippen LogP contribution in [-0.4, -0.2) is 11.6 Å². The zero-order chi connectivity index (χ0) is 11.5. The van der Waals surface area contributed by atoms with Crippen LogP contribution in [0.3, 0.4) is 0 Å². The molecule has 0 unspecified atom stereocenters. The van der Waals surface area contributed by atoms with Crippen molar-refractivity contribution in [3.05, 3.63) is 22.3 Å². The molecule has 1 heterocycles. The minimum absolute atomic E-state index is 0.0570. The Morgan fingerprint density at radius 2 is 2.20 bits per heavy atom. The third kappa shape index (κ3) is 3.88. The second-order valence-electron chi connectivity index (χ2n) is 4.47. The minimum atomic E-state index is 0.0570. The first-order valence-corrected chi connectivity index (χ1v) is 5.40. The van der Waals surface area contributed by atoms with Crippen molar-refractivity contribution in [2.75, 3.05) is 6.61 Å². The Balaban J connectivity index is 2.82. The lowest BCUT2D eigenvalue weighted by Crippen LogP contribution is -2.17. The zero-order valence-corrected chi connectivity index (χ0v) is 10.6. The quantitative estimate of drug-likeness (QED) is 0.828. The second-order valence-corrected chi connectivity index (χ2v) is 5.38. The smallest absolute Gasteiger partial charge is 0.231 e. The standard InChI is InChI=1S/C11H13BrN2O/c1-11(2,3)7-15-10-8(5-13)4-9(12)6-14-10/h4,6H,7H2,1-3H3. The Hall–Kier alpha value is -1.08. The van der Waals surface area contributed by atoms with Crippen molar-refractivity contribution in [1.29, 1.82) is 5.26 Å². The molecule has 0 bridgehead atoms. The topological polar surface area (TPSA) is 45.9 Å². The monoisotopic (exact) mass is 268 g/mol. The highest BCUT2D eigenvalue weighted by molar-refractivity contribution is 9.10. The summed E-state index contributed by atoms with van der Waals surface area (Å²) < 4.78 is 6.27. The SMILES string of the molecule is CC(C)(C)COc1ncc(Br)cc1C#N. The number of aromatic nitrogens is 1. The van der Waals surface area contributed by atoms with Gasteiger partial charge in [0.15, 0.2) is 0 Å². The van der Waals surface area contributed by atoms with Gasteiger partial charge in [-0.1, -0.05) is 20.8 Å². The molecule has 0 aromatic carbocycles. The first kappa shape index (κ1) is 12.0. The van der Waals surface area contributed by atoms with Crippen LogP contribution in [0.2, 0.25) is 0 Å². The van der Waals surface area contributed by atoms with Gasteiger partial charge in [0.05, 0.1) is 6.61 Å². The third-order valence-electron chi connectivity index (χ3n) is 1.58. The predicted octanol–water partition coefficient (Wildman–Crippen LogP) is 3.14. The molecule has 0 fully saturated rings. The predicted molar refractivity (Wildman–Crippen MR) is 61.6 cm³/mol. The molecule has 3 nitrogen and oxygen atoms in total. The number of halogens is 1. The van der Waals surface area contributed by atoms with E-state index in [-0.39, 0.29) is 5.41 Å². The van der Waals surface area contributed by atoms with Crippen LogP contribution < -0.4 is 4.74 Å². The van der Waals surface area contributed by atoms with E-state index in [1.165, 1.54) is 0 Å². The molecule has 15 heavy (non-hydrogen) atoms. The fourth-order valence-electron chi connectivity index (χ4n) is 0.907. The molecule has 4 heteroatoms. The van der Waals surface area contributed by atoms with Crippen LogP contribution in [0.25, 0.3) is 0 Å². The summed E-state index contributed by atoms with van der Waals surface area (Å²) in [4.78, 5) is 4.06.